The molecule has 2 aromatic heterocycles. The van der Waals surface area contributed by atoms with Crippen molar-refractivity contribution in [1.82, 2.24) is 20.0 Å². The van der Waals surface area contributed by atoms with E-state index in [1.54, 1.807) is 25.3 Å². The second-order valence-corrected chi connectivity index (χ2v) is 10.1. The lowest BCUT2D eigenvalue weighted by atomic mass is 10.2. The Kier molecular flexibility index (Phi) is 6.43. The highest BCUT2D eigenvalue weighted by molar-refractivity contribution is 7.18. The number of rotatable bonds is 7. The minimum Gasteiger partial charge on any atom is -0.443 e. The van der Waals surface area contributed by atoms with E-state index in [2.05, 4.69) is 24.7 Å². The van der Waals surface area contributed by atoms with Crippen LogP contribution in [0, 0.1) is 12.8 Å². The van der Waals surface area contributed by atoms with Crippen LogP contribution in [0.4, 0.5) is 4.79 Å². The van der Waals surface area contributed by atoms with E-state index in [0.29, 0.717) is 24.4 Å². The number of nitrogens with zero attached hydrogens (tertiary/aromatic N) is 2. The quantitative estimate of drug-likeness (QED) is 0.649. The smallest absolute Gasteiger partial charge is 0.422 e. The number of aromatic nitrogens is 2. The molecule has 2 aromatic rings. The van der Waals surface area contributed by atoms with Crippen molar-refractivity contribution in [1.29, 1.82) is 0 Å². The molecule has 8 nitrogen and oxygen atoms in total. The largest absolute Gasteiger partial charge is 0.443 e. The van der Waals surface area contributed by atoms with Crippen molar-refractivity contribution in [3.05, 3.63) is 31.3 Å². The molecule has 0 radical (unpaired) electrons. The van der Waals surface area contributed by atoms with Gasteiger partial charge in [-0.3, -0.25) is 19.4 Å². The van der Waals surface area contributed by atoms with Crippen molar-refractivity contribution in [2.45, 2.75) is 85.5 Å². The summed E-state index contributed by atoms with van der Waals surface area (Å²) in [6.07, 6.45) is 2.14. The molecule has 3 rings (SSSR count). The second-order valence-electron chi connectivity index (χ2n) is 9.05. The molecule has 0 bridgehead atoms. The van der Waals surface area contributed by atoms with Crippen molar-refractivity contribution in [3.8, 4) is 0 Å². The van der Waals surface area contributed by atoms with E-state index in [9.17, 15) is 14.4 Å². The number of thiophene rings is 1. The summed E-state index contributed by atoms with van der Waals surface area (Å²) in [5.74, 6) is 0.352. The predicted octanol–water partition coefficient (Wildman–Crippen LogP) is 3.44. The van der Waals surface area contributed by atoms with Gasteiger partial charge in [-0.25, -0.2) is 15.0 Å². The lowest BCUT2D eigenvalue weighted by Gasteiger charge is -2.19. The zero-order valence-corrected chi connectivity index (χ0v) is 19.4. The van der Waals surface area contributed by atoms with Crippen LogP contribution in [-0.4, -0.2) is 20.8 Å². The molecule has 1 saturated carbocycles. The summed E-state index contributed by atoms with van der Waals surface area (Å²) in [4.78, 5) is 39.8. The van der Waals surface area contributed by atoms with Gasteiger partial charge >= 0.3 is 11.8 Å². The average Bonchev–Trinajstić information content (AvgIpc) is 3.24. The summed E-state index contributed by atoms with van der Waals surface area (Å²) >= 11 is 1.43. The van der Waals surface area contributed by atoms with Gasteiger partial charge in [-0.1, -0.05) is 20.3 Å². The van der Waals surface area contributed by atoms with Crippen LogP contribution < -0.4 is 22.1 Å². The Morgan fingerprint density at radius 2 is 1.97 bits per heavy atom. The van der Waals surface area contributed by atoms with Gasteiger partial charge in [0.15, 0.2) is 0 Å². The monoisotopic (exact) mass is 436 g/mol. The molecule has 1 amide bonds. The lowest BCUT2D eigenvalue weighted by molar-refractivity contribution is 0.0497. The van der Waals surface area contributed by atoms with Gasteiger partial charge in [0.25, 0.3) is 5.56 Å². The number of aryl methyl sites for hydroxylation is 2. The first kappa shape index (κ1) is 22.6. The van der Waals surface area contributed by atoms with E-state index in [0.717, 1.165) is 34.5 Å². The second kappa shape index (κ2) is 8.55. The van der Waals surface area contributed by atoms with Crippen LogP contribution in [0.5, 0.6) is 0 Å². The summed E-state index contributed by atoms with van der Waals surface area (Å²) in [7, 11) is 0. The van der Waals surface area contributed by atoms with Crippen LogP contribution in [0.2, 0.25) is 0 Å². The summed E-state index contributed by atoms with van der Waals surface area (Å²) < 4.78 is 8.43. The van der Waals surface area contributed by atoms with Gasteiger partial charge in [-0.15, -0.1) is 11.3 Å². The van der Waals surface area contributed by atoms with Crippen molar-refractivity contribution >= 4 is 27.6 Å². The molecule has 166 valence electrons. The molecule has 1 aliphatic carbocycles. The van der Waals surface area contributed by atoms with Crippen LogP contribution in [0.3, 0.4) is 0 Å². The highest BCUT2D eigenvalue weighted by atomic mass is 32.1. The molecule has 0 aromatic carbocycles. The van der Waals surface area contributed by atoms with Crippen molar-refractivity contribution in [2.75, 3.05) is 0 Å². The van der Waals surface area contributed by atoms with Crippen LogP contribution in [-0.2, 0) is 17.8 Å². The summed E-state index contributed by atoms with van der Waals surface area (Å²) in [6.45, 7) is 12.4. The SMILES string of the molecule is CCCCn1c(=O)n([C@H]2C[C@@H]2C)c(=O)c2c(C)c(CNNC(=O)OC(C)(C)C)sc21. The average molecular weight is 437 g/mol. The number of fused-ring (bicyclic) bond motifs is 1. The fraction of sp³-hybridized carbons (Fsp3) is 0.667. The fourth-order valence-electron chi connectivity index (χ4n) is 3.55. The van der Waals surface area contributed by atoms with Crippen LogP contribution >= 0.6 is 11.3 Å². The van der Waals surface area contributed by atoms with Gasteiger partial charge in [0.05, 0.1) is 5.39 Å². The Bertz CT molecular complexity index is 1060. The molecule has 2 N–H and O–H groups in total. The Hall–Kier alpha value is -2.13. The molecular weight excluding hydrogens is 404 g/mol. The lowest BCUT2D eigenvalue weighted by Crippen LogP contribution is -2.40. The number of ether oxygens (including phenoxy) is 1. The number of hydrogen-bond acceptors (Lipinski definition) is 6. The Labute approximate surface area is 180 Å². The third-order valence-electron chi connectivity index (χ3n) is 5.31. The minimum atomic E-state index is -0.584. The number of hydrogen-bond donors (Lipinski definition) is 2. The van der Waals surface area contributed by atoms with Gasteiger partial charge in [-0.05, 0) is 52.0 Å². The molecule has 0 aliphatic heterocycles. The fourth-order valence-corrected chi connectivity index (χ4v) is 4.80. The number of carbonyl (C=O) groups excluding carboxylic acids is 1. The van der Waals surface area contributed by atoms with E-state index >= 15 is 0 Å². The first-order valence-electron chi connectivity index (χ1n) is 10.5. The summed E-state index contributed by atoms with van der Waals surface area (Å²) in [5.41, 5.74) is 5.26. The van der Waals surface area contributed by atoms with Crippen LogP contribution in [0.15, 0.2) is 9.59 Å². The van der Waals surface area contributed by atoms with E-state index in [1.807, 2.05) is 6.92 Å². The molecule has 9 heteroatoms. The van der Waals surface area contributed by atoms with Gasteiger partial charge in [-0.2, -0.15) is 0 Å². The third kappa shape index (κ3) is 4.62. The zero-order valence-electron chi connectivity index (χ0n) is 18.6. The molecule has 0 spiro atoms. The number of nitrogens with one attached hydrogen (secondary N) is 2. The Morgan fingerprint density at radius 1 is 1.30 bits per heavy atom. The number of unbranched alkanes of at least 4 members (excludes halogenated alkanes) is 1. The molecule has 1 fully saturated rings. The zero-order chi connectivity index (χ0) is 22.2. The number of hydrazine groups is 1. The molecular formula is C21H32N4O4S. The molecule has 0 saturated heterocycles. The molecule has 0 unspecified atom stereocenters. The maximum atomic E-state index is 13.2. The van der Waals surface area contributed by atoms with Crippen molar-refractivity contribution < 1.29 is 9.53 Å². The van der Waals surface area contributed by atoms with E-state index in [4.69, 9.17) is 4.74 Å². The Balaban J connectivity index is 1.93. The van der Waals surface area contributed by atoms with E-state index in [-0.39, 0.29) is 17.3 Å². The van der Waals surface area contributed by atoms with E-state index in [1.165, 1.54) is 15.9 Å². The molecule has 30 heavy (non-hydrogen) atoms. The maximum Gasteiger partial charge on any atom is 0.422 e. The van der Waals surface area contributed by atoms with E-state index < -0.39 is 11.7 Å². The van der Waals surface area contributed by atoms with Gasteiger partial charge < -0.3 is 4.74 Å². The number of carbonyl (C=O) groups is 1. The molecule has 2 atom stereocenters. The normalized spacial score (nSPS) is 18.6. The first-order valence-corrected chi connectivity index (χ1v) is 11.4. The van der Waals surface area contributed by atoms with Crippen molar-refractivity contribution in [3.63, 3.8) is 0 Å². The third-order valence-corrected chi connectivity index (χ3v) is 6.63. The summed E-state index contributed by atoms with van der Waals surface area (Å²) in [5, 5.41) is 0.615. The van der Waals surface area contributed by atoms with Gasteiger partial charge in [0, 0.05) is 24.0 Å². The standard InChI is InChI=1S/C21H32N4O4S/c1-7-8-9-24-18-16(17(26)25(20(24)28)14-10-12(14)2)13(3)15(30-18)11-22-23-19(27)29-21(4,5)6/h12,14,22H,7-11H2,1-6H3,(H,23,27)/t12-,14-/m0/s1. The minimum absolute atomic E-state index is 0.00279. The van der Waals surface area contributed by atoms with Crippen LogP contribution in [0.25, 0.3) is 10.2 Å². The number of amides is 1. The maximum absolute atomic E-state index is 13.2. The predicted molar refractivity (Wildman–Crippen MR) is 119 cm³/mol. The highest BCUT2D eigenvalue weighted by Gasteiger charge is 2.38. The first-order chi connectivity index (χ1) is 14.0. The molecule has 2 heterocycles. The Morgan fingerprint density at radius 3 is 2.53 bits per heavy atom. The van der Waals surface area contributed by atoms with Crippen molar-refractivity contribution in [2.24, 2.45) is 5.92 Å². The summed E-state index contributed by atoms with van der Waals surface area (Å²) in [6, 6.07) is -0.00279. The van der Waals surface area contributed by atoms with Gasteiger partial charge in [0.2, 0.25) is 0 Å². The highest BCUT2D eigenvalue weighted by Crippen LogP contribution is 2.41. The molecule has 1 aliphatic rings. The van der Waals surface area contributed by atoms with Gasteiger partial charge in [0.1, 0.15) is 10.4 Å². The van der Waals surface area contributed by atoms with Crippen LogP contribution in [0.1, 0.15) is 70.4 Å². The topological polar surface area (TPSA) is 94.4 Å².